The summed E-state index contributed by atoms with van der Waals surface area (Å²) in [6, 6.07) is 12.6. The van der Waals surface area contributed by atoms with E-state index in [1.54, 1.807) is 6.07 Å². The normalized spacial score (nSPS) is 15.7. The Balaban J connectivity index is 1.78. The van der Waals surface area contributed by atoms with Crippen LogP contribution in [0.15, 0.2) is 53.8 Å². The molecule has 200 valence electrons. The van der Waals surface area contributed by atoms with Crippen molar-refractivity contribution in [2.45, 2.75) is 69.8 Å². The number of halogens is 3. The Hall–Kier alpha value is -2.91. The van der Waals surface area contributed by atoms with E-state index in [4.69, 9.17) is 5.73 Å². The summed E-state index contributed by atoms with van der Waals surface area (Å²) in [5.41, 5.74) is 9.31. The number of nitroso groups, excluding NO2 is 1. The minimum absolute atomic E-state index is 0.0736. The van der Waals surface area contributed by atoms with Gasteiger partial charge in [-0.1, -0.05) is 42.6 Å². The molecule has 1 fully saturated rings. The summed E-state index contributed by atoms with van der Waals surface area (Å²) in [5, 5.41) is 7.49. The van der Waals surface area contributed by atoms with Crippen molar-refractivity contribution in [1.82, 2.24) is 9.88 Å². The number of nitrogens with zero attached hydrogens (tertiary/aromatic N) is 2. The summed E-state index contributed by atoms with van der Waals surface area (Å²) in [5.74, 6) is -0.401. The molecule has 0 aliphatic heterocycles. The lowest BCUT2D eigenvalue weighted by molar-refractivity contribution is -0.274. The molecule has 0 saturated heterocycles. The fourth-order valence-electron chi connectivity index (χ4n) is 5.47. The van der Waals surface area contributed by atoms with Gasteiger partial charge in [-0.3, -0.25) is 0 Å². The predicted molar refractivity (Wildman–Crippen MR) is 140 cm³/mol. The first kappa shape index (κ1) is 27.1. The van der Waals surface area contributed by atoms with Crippen molar-refractivity contribution < 1.29 is 17.9 Å². The standard InChI is InChI=1S/C28H35F3N4O2/c29-28(30,31)37-23-9-4-6-21(17-23)24(12-15-33-14-5-13-32)26-19-35(22-7-2-1-3-8-22)27-11-10-20(18-34-36)16-25(26)27/h4,6,9-11,16-17,19,22,24,33H,1-3,5,7-8,12-15,18,32H2. The monoisotopic (exact) mass is 516 g/mol. The van der Waals surface area contributed by atoms with E-state index in [2.05, 4.69) is 26.0 Å². The van der Waals surface area contributed by atoms with Crippen LogP contribution in [0.1, 0.15) is 73.6 Å². The first-order valence-electron chi connectivity index (χ1n) is 13.1. The average molecular weight is 517 g/mol. The molecule has 1 aliphatic carbocycles. The SMILES string of the molecule is NCCCNCCC(c1cccc(OC(F)(F)F)c1)c1cn(C2CCCCC2)c2ccc(CN=O)cc12. The van der Waals surface area contributed by atoms with Gasteiger partial charge >= 0.3 is 6.36 Å². The number of alkyl halides is 3. The quantitative estimate of drug-likeness (QED) is 0.206. The number of nitrogens with two attached hydrogens (primary N) is 1. The molecule has 1 atom stereocenters. The maximum Gasteiger partial charge on any atom is 0.573 e. The minimum Gasteiger partial charge on any atom is -0.406 e. The topological polar surface area (TPSA) is 81.6 Å². The van der Waals surface area contributed by atoms with E-state index in [0.29, 0.717) is 25.6 Å². The highest BCUT2D eigenvalue weighted by atomic mass is 19.4. The molecule has 3 N–H and O–H groups in total. The maximum absolute atomic E-state index is 13.0. The second-order valence-corrected chi connectivity index (χ2v) is 9.78. The zero-order chi connectivity index (χ0) is 26.3. The number of nitrogens with one attached hydrogen (secondary N) is 1. The van der Waals surface area contributed by atoms with Crippen molar-refractivity contribution >= 4 is 10.9 Å². The van der Waals surface area contributed by atoms with Gasteiger partial charge in [0, 0.05) is 29.1 Å². The summed E-state index contributed by atoms with van der Waals surface area (Å²) in [4.78, 5) is 11.0. The number of aromatic nitrogens is 1. The number of benzene rings is 2. The largest absolute Gasteiger partial charge is 0.573 e. The van der Waals surface area contributed by atoms with Gasteiger partial charge in [-0.05, 0) is 86.3 Å². The Kier molecular flexibility index (Phi) is 9.21. The molecule has 3 aromatic rings. The fraction of sp³-hybridized carbons (Fsp3) is 0.500. The Morgan fingerprint density at radius 1 is 1.11 bits per heavy atom. The molecule has 9 heteroatoms. The predicted octanol–water partition coefficient (Wildman–Crippen LogP) is 6.77. The molecule has 0 bridgehead atoms. The zero-order valence-electron chi connectivity index (χ0n) is 21.0. The molecule has 6 nitrogen and oxygen atoms in total. The molecular weight excluding hydrogens is 481 g/mol. The first-order chi connectivity index (χ1) is 17.9. The number of hydrogen-bond acceptors (Lipinski definition) is 5. The van der Waals surface area contributed by atoms with Gasteiger partial charge in [0.15, 0.2) is 0 Å². The number of rotatable bonds is 12. The smallest absolute Gasteiger partial charge is 0.406 e. The van der Waals surface area contributed by atoms with E-state index < -0.39 is 6.36 Å². The van der Waals surface area contributed by atoms with Crippen LogP contribution in [0.25, 0.3) is 10.9 Å². The van der Waals surface area contributed by atoms with Gasteiger partial charge in [0.2, 0.25) is 0 Å². The lowest BCUT2D eigenvalue weighted by atomic mass is 9.87. The fourth-order valence-corrected chi connectivity index (χ4v) is 5.47. The summed E-state index contributed by atoms with van der Waals surface area (Å²) in [6.07, 6.45) is 4.74. The third kappa shape index (κ3) is 7.11. The van der Waals surface area contributed by atoms with Crippen molar-refractivity contribution in [2.24, 2.45) is 10.9 Å². The van der Waals surface area contributed by atoms with Crippen molar-refractivity contribution in [2.75, 3.05) is 19.6 Å². The van der Waals surface area contributed by atoms with Gasteiger partial charge in [-0.25, -0.2) is 0 Å². The molecule has 0 radical (unpaired) electrons. The van der Waals surface area contributed by atoms with Crippen LogP contribution in [0.2, 0.25) is 0 Å². The third-order valence-electron chi connectivity index (χ3n) is 7.18. The second kappa shape index (κ2) is 12.6. The molecule has 1 saturated carbocycles. The van der Waals surface area contributed by atoms with E-state index in [1.165, 1.54) is 31.4 Å². The Morgan fingerprint density at radius 3 is 2.65 bits per heavy atom. The molecule has 2 aromatic carbocycles. The number of fused-ring (bicyclic) bond motifs is 1. The van der Waals surface area contributed by atoms with Crippen molar-refractivity contribution in [1.29, 1.82) is 0 Å². The lowest BCUT2D eigenvalue weighted by Crippen LogP contribution is -2.21. The highest BCUT2D eigenvalue weighted by molar-refractivity contribution is 5.86. The first-order valence-corrected chi connectivity index (χ1v) is 13.1. The maximum atomic E-state index is 13.0. The Morgan fingerprint density at radius 2 is 1.92 bits per heavy atom. The number of ether oxygens (including phenoxy) is 1. The molecule has 0 spiro atoms. The summed E-state index contributed by atoms with van der Waals surface area (Å²) in [6.45, 7) is 2.13. The molecule has 1 aliphatic rings. The van der Waals surface area contributed by atoms with Crippen LogP contribution < -0.4 is 15.8 Å². The molecule has 1 aromatic heterocycles. The van der Waals surface area contributed by atoms with Gasteiger partial charge in [0.25, 0.3) is 0 Å². The van der Waals surface area contributed by atoms with Crippen LogP contribution in [-0.4, -0.2) is 30.6 Å². The molecule has 37 heavy (non-hydrogen) atoms. The minimum atomic E-state index is -4.76. The Bertz CT molecular complexity index is 1170. The van der Waals surface area contributed by atoms with Crippen LogP contribution in [-0.2, 0) is 6.54 Å². The average Bonchev–Trinajstić information content (AvgIpc) is 3.25. The highest BCUT2D eigenvalue weighted by Crippen LogP contribution is 2.40. The van der Waals surface area contributed by atoms with E-state index in [-0.39, 0.29) is 18.2 Å². The van der Waals surface area contributed by atoms with E-state index in [9.17, 15) is 18.1 Å². The van der Waals surface area contributed by atoms with E-state index >= 15 is 0 Å². The van der Waals surface area contributed by atoms with Crippen LogP contribution in [0, 0.1) is 4.91 Å². The molecule has 1 unspecified atom stereocenters. The summed E-state index contributed by atoms with van der Waals surface area (Å²) < 4.78 is 45.5. The highest BCUT2D eigenvalue weighted by Gasteiger charge is 2.31. The van der Waals surface area contributed by atoms with Crippen LogP contribution in [0.4, 0.5) is 13.2 Å². The summed E-state index contributed by atoms with van der Waals surface area (Å²) in [7, 11) is 0. The van der Waals surface area contributed by atoms with Crippen LogP contribution in [0.3, 0.4) is 0 Å². The van der Waals surface area contributed by atoms with Crippen LogP contribution in [0.5, 0.6) is 5.75 Å². The van der Waals surface area contributed by atoms with Crippen molar-refractivity contribution in [3.05, 3.63) is 70.3 Å². The van der Waals surface area contributed by atoms with Gasteiger partial charge in [-0.15, -0.1) is 13.2 Å². The summed E-state index contributed by atoms with van der Waals surface area (Å²) >= 11 is 0. The Labute approximate surface area is 215 Å². The van der Waals surface area contributed by atoms with Gasteiger partial charge in [0.05, 0.1) is 0 Å². The molecule has 4 rings (SSSR count). The van der Waals surface area contributed by atoms with Gasteiger partial charge in [0.1, 0.15) is 12.3 Å². The van der Waals surface area contributed by atoms with E-state index in [1.807, 2.05) is 24.3 Å². The van der Waals surface area contributed by atoms with Crippen LogP contribution >= 0.6 is 0 Å². The number of hydrogen-bond donors (Lipinski definition) is 2. The van der Waals surface area contributed by atoms with Crippen molar-refractivity contribution in [3.8, 4) is 5.75 Å². The molecular formula is C28H35F3N4O2. The van der Waals surface area contributed by atoms with Crippen molar-refractivity contribution in [3.63, 3.8) is 0 Å². The third-order valence-corrected chi connectivity index (χ3v) is 7.18. The molecule has 1 heterocycles. The van der Waals surface area contributed by atoms with Gasteiger partial charge < -0.3 is 20.4 Å². The van der Waals surface area contributed by atoms with E-state index in [0.717, 1.165) is 53.4 Å². The second-order valence-electron chi connectivity index (χ2n) is 9.78. The zero-order valence-corrected chi connectivity index (χ0v) is 21.0. The molecule has 0 amide bonds. The van der Waals surface area contributed by atoms with Gasteiger partial charge in [-0.2, -0.15) is 4.91 Å². The lowest BCUT2D eigenvalue weighted by Gasteiger charge is -2.24.